The first-order valence-electron chi connectivity index (χ1n) is 7.44. The molecule has 9 heteroatoms. The maximum absolute atomic E-state index is 12.2. The molecular weight excluding hydrogens is 394 g/mol. The van der Waals surface area contributed by atoms with E-state index in [-0.39, 0.29) is 17.9 Å². The molecule has 0 aromatic carbocycles. The summed E-state index contributed by atoms with van der Waals surface area (Å²) in [4.78, 5) is 33.9. The summed E-state index contributed by atoms with van der Waals surface area (Å²) < 4.78 is 6.58. The molecule has 130 valence electrons. The molecular formula is C17H10ClN3O3S2. The van der Waals surface area contributed by atoms with E-state index >= 15 is 0 Å². The van der Waals surface area contributed by atoms with E-state index in [2.05, 4.69) is 9.97 Å². The van der Waals surface area contributed by atoms with E-state index in [1.807, 2.05) is 17.5 Å². The number of fused-ring (bicyclic) bond motifs is 1. The highest BCUT2D eigenvalue weighted by atomic mass is 35.5. The summed E-state index contributed by atoms with van der Waals surface area (Å²) in [5, 5.41) is 4.81. The van der Waals surface area contributed by atoms with E-state index in [4.69, 9.17) is 16.3 Å². The number of thiophene rings is 1. The Morgan fingerprint density at radius 3 is 2.92 bits per heavy atom. The van der Waals surface area contributed by atoms with Crippen LogP contribution < -0.4 is 5.56 Å². The number of aromatic nitrogens is 3. The van der Waals surface area contributed by atoms with Crippen LogP contribution in [0.15, 0.2) is 52.1 Å². The molecule has 4 heterocycles. The largest absolute Gasteiger partial charge is 0.454 e. The molecule has 0 fully saturated rings. The van der Waals surface area contributed by atoms with Crippen LogP contribution in [0.2, 0.25) is 5.02 Å². The number of thiazole rings is 1. The fourth-order valence-electron chi connectivity index (χ4n) is 2.29. The van der Waals surface area contributed by atoms with E-state index in [1.54, 1.807) is 28.8 Å². The van der Waals surface area contributed by atoms with Crippen molar-refractivity contribution in [3.05, 3.63) is 74.1 Å². The van der Waals surface area contributed by atoms with Crippen LogP contribution in [-0.4, -0.2) is 20.3 Å². The van der Waals surface area contributed by atoms with Gasteiger partial charge in [-0.1, -0.05) is 17.7 Å². The monoisotopic (exact) mass is 403 g/mol. The number of hydrogen-bond acceptors (Lipinski definition) is 7. The highest BCUT2D eigenvalue weighted by Crippen LogP contribution is 2.28. The first-order valence-corrected chi connectivity index (χ1v) is 9.58. The SMILES string of the molecule is O=C(OCc1cc(=O)n2cc(Cl)ccc2n1)c1csc(-c2cccs2)n1. The van der Waals surface area contributed by atoms with Crippen molar-refractivity contribution in [3.63, 3.8) is 0 Å². The van der Waals surface area contributed by atoms with Crippen molar-refractivity contribution >= 4 is 45.9 Å². The van der Waals surface area contributed by atoms with Gasteiger partial charge in [0, 0.05) is 17.6 Å². The maximum Gasteiger partial charge on any atom is 0.358 e. The minimum Gasteiger partial charge on any atom is -0.454 e. The number of nitrogens with zero attached hydrogens (tertiary/aromatic N) is 3. The number of carbonyl (C=O) groups excluding carboxylic acids is 1. The molecule has 0 atom stereocenters. The average molecular weight is 404 g/mol. The van der Waals surface area contributed by atoms with Crippen LogP contribution in [-0.2, 0) is 11.3 Å². The van der Waals surface area contributed by atoms with E-state index in [1.165, 1.54) is 28.0 Å². The molecule has 0 amide bonds. The zero-order valence-corrected chi connectivity index (χ0v) is 15.5. The highest BCUT2D eigenvalue weighted by Gasteiger charge is 2.14. The zero-order chi connectivity index (χ0) is 18.1. The van der Waals surface area contributed by atoms with Gasteiger partial charge in [0.1, 0.15) is 17.3 Å². The Labute approximate surface area is 160 Å². The zero-order valence-electron chi connectivity index (χ0n) is 13.1. The maximum atomic E-state index is 12.2. The molecule has 4 rings (SSSR count). The summed E-state index contributed by atoms with van der Waals surface area (Å²) in [5.74, 6) is -0.554. The van der Waals surface area contributed by atoms with E-state index in [0.29, 0.717) is 16.4 Å². The van der Waals surface area contributed by atoms with Gasteiger partial charge < -0.3 is 4.74 Å². The lowest BCUT2D eigenvalue weighted by molar-refractivity contribution is 0.0462. The first-order chi connectivity index (χ1) is 12.6. The van der Waals surface area contributed by atoms with Gasteiger partial charge in [-0.05, 0) is 23.6 Å². The lowest BCUT2D eigenvalue weighted by Crippen LogP contribution is -2.16. The second-order valence-corrected chi connectivity index (χ2v) is 7.49. The van der Waals surface area contributed by atoms with Gasteiger partial charge in [0.2, 0.25) is 0 Å². The Morgan fingerprint density at radius 2 is 2.12 bits per heavy atom. The Balaban J connectivity index is 1.50. The molecule has 0 bridgehead atoms. The predicted molar refractivity (Wildman–Crippen MR) is 101 cm³/mol. The molecule has 4 aromatic rings. The minimum atomic E-state index is -0.554. The summed E-state index contributed by atoms with van der Waals surface area (Å²) in [7, 11) is 0. The molecule has 0 aliphatic rings. The van der Waals surface area contributed by atoms with Crippen molar-refractivity contribution in [1.82, 2.24) is 14.4 Å². The van der Waals surface area contributed by atoms with Gasteiger partial charge in [0.05, 0.1) is 15.6 Å². The van der Waals surface area contributed by atoms with Gasteiger partial charge in [-0.15, -0.1) is 22.7 Å². The quantitative estimate of drug-likeness (QED) is 0.483. The van der Waals surface area contributed by atoms with Crippen molar-refractivity contribution in [3.8, 4) is 9.88 Å². The van der Waals surface area contributed by atoms with Gasteiger partial charge in [-0.3, -0.25) is 9.20 Å². The lowest BCUT2D eigenvalue weighted by Gasteiger charge is -2.05. The fourth-order valence-corrected chi connectivity index (χ4v) is 4.06. The van der Waals surface area contributed by atoms with Crippen LogP contribution in [0.1, 0.15) is 16.2 Å². The standard InChI is InChI=1S/C17H10ClN3O3S2/c18-10-3-4-14-19-11(6-15(22)21(14)7-10)8-24-17(23)12-9-26-16(20-12)13-2-1-5-25-13/h1-7,9H,8H2. The van der Waals surface area contributed by atoms with Crippen molar-refractivity contribution in [2.45, 2.75) is 6.61 Å². The Kier molecular flexibility index (Phi) is 4.54. The van der Waals surface area contributed by atoms with E-state index in [9.17, 15) is 9.59 Å². The van der Waals surface area contributed by atoms with Gasteiger partial charge in [0.15, 0.2) is 5.69 Å². The average Bonchev–Trinajstić information content (AvgIpc) is 3.31. The number of pyridine rings is 1. The molecule has 0 N–H and O–H groups in total. The second kappa shape index (κ2) is 6.99. The normalized spacial score (nSPS) is 11.0. The van der Waals surface area contributed by atoms with Crippen LogP contribution in [0.25, 0.3) is 15.5 Å². The van der Waals surface area contributed by atoms with Crippen LogP contribution in [0.4, 0.5) is 0 Å². The summed E-state index contributed by atoms with van der Waals surface area (Å²) in [6.45, 7) is -0.112. The summed E-state index contributed by atoms with van der Waals surface area (Å²) in [5.41, 5.74) is 0.737. The van der Waals surface area contributed by atoms with Crippen LogP contribution in [0.5, 0.6) is 0 Å². The lowest BCUT2D eigenvalue weighted by atomic mass is 10.4. The molecule has 0 spiro atoms. The van der Waals surface area contributed by atoms with Crippen LogP contribution in [0, 0.1) is 0 Å². The Bertz CT molecular complexity index is 1150. The molecule has 0 aliphatic heterocycles. The third-order valence-corrected chi connectivity index (χ3v) is 5.58. The number of esters is 1. The number of hydrogen-bond donors (Lipinski definition) is 0. The van der Waals surface area contributed by atoms with Gasteiger partial charge in [-0.2, -0.15) is 0 Å². The third kappa shape index (κ3) is 3.39. The summed E-state index contributed by atoms with van der Waals surface area (Å²) in [6, 6.07) is 8.45. The van der Waals surface area contributed by atoms with Crippen LogP contribution in [0.3, 0.4) is 0 Å². The Hall–Kier alpha value is -2.55. The fraction of sp³-hybridized carbons (Fsp3) is 0.0588. The van der Waals surface area contributed by atoms with Crippen molar-refractivity contribution in [2.75, 3.05) is 0 Å². The van der Waals surface area contributed by atoms with E-state index in [0.717, 1.165) is 9.88 Å². The number of rotatable bonds is 4. The van der Waals surface area contributed by atoms with Crippen LogP contribution >= 0.6 is 34.3 Å². The molecule has 0 unspecified atom stereocenters. The molecule has 0 saturated carbocycles. The summed E-state index contributed by atoms with van der Waals surface area (Å²) in [6.07, 6.45) is 1.49. The smallest absolute Gasteiger partial charge is 0.358 e. The topological polar surface area (TPSA) is 73.6 Å². The number of halogens is 1. The highest BCUT2D eigenvalue weighted by molar-refractivity contribution is 7.20. The third-order valence-electron chi connectivity index (χ3n) is 3.47. The molecule has 6 nitrogen and oxygen atoms in total. The first kappa shape index (κ1) is 16.9. The van der Waals surface area contributed by atoms with E-state index < -0.39 is 5.97 Å². The second-order valence-electron chi connectivity index (χ2n) is 5.25. The van der Waals surface area contributed by atoms with Crippen molar-refractivity contribution < 1.29 is 9.53 Å². The van der Waals surface area contributed by atoms with Gasteiger partial charge in [0.25, 0.3) is 5.56 Å². The van der Waals surface area contributed by atoms with Crippen molar-refractivity contribution in [2.24, 2.45) is 0 Å². The minimum absolute atomic E-state index is 0.112. The molecule has 0 aliphatic carbocycles. The number of ether oxygens (including phenoxy) is 1. The molecule has 4 aromatic heterocycles. The van der Waals surface area contributed by atoms with Gasteiger partial charge in [-0.25, -0.2) is 14.8 Å². The molecule has 26 heavy (non-hydrogen) atoms. The molecule has 0 radical (unpaired) electrons. The number of carbonyl (C=O) groups is 1. The Morgan fingerprint density at radius 1 is 1.23 bits per heavy atom. The van der Waals surface area contributed by atoms with Crippen molar-refractivity contribution in [1.29, 1.82) is 0 Å². The van der Waals surface area contributed by atoms with Gasteiger partial charge >= 0.3 is 5.97 Å². The predicted octanol–water partition coefficient (Wildman–Crippen LogP) is 3.89. The molecule has 0 saturated heterocycles. The summed E-state index contributed by atoms with van der Waals surface area (Å²) >= 11 is 8.81.